The lowest BCUT2D eigenvalue weighted by molar-refractivity contribution is 0.720. The van der Waals surface area contributed by atoms with Crippen molar-refractivity contribution in [2.24, 2.45) is 11.8 Å². The fourth-order valence-corrected chi connectivity index (χ4v) is 1.95. The van der Waals surface area contributed by atoms with E-state index in [1.54, 1.807) is 0 Å². The van der Waals surface area contributed by atoms with Crippen LogP contribution < -0.4 is 10.6 Å². The van der Waals surface area contributed by atoms with Crippen molar-refractivity contribution in [2.45, 2.75) is 20.3 Å². The number of hydrogen-bond donors (Lipinski definition) is 1. The average Bonchev–Trinajstić information content (AvgIpc) is 2.86. The topological polar surface area (TPSA) is 42.2 Å². The molecule has 0 radical (unpaired) electrons. The molecule has 2 unspecified atom stereocenters. The molecule has 3 nitrogen and oxygen atoms in total. The summed E-state index contributed by atoms with van der Waals surface area (Å²) in [6.45, 7) is 5.39. The van der Waals surface area contributed by atoms with Gasteiger partial charge in [0.1, 0.15) is 0 Å². The fourth-order valence-electron chi connectivity index (χ4n) is 1.95. The summed E-state index contributed by atoms with van der Waals surface area (Å²) < 4.78 is 0. The van der Waals surface area contributed by atoms with Gasteiger partial charge in [-0.1, -0.05) is 6.92 Å². The van der Waals surface area contributed by atoms with Gasteiger partial charge in [-0.3, -0.25) is 0 Å². The molecule has 0 saturated heterocycles. The number of nitrogens with two attached hydrogens (primary N) is 1. The molecule has 0 bridgehead atoms. The maximum absolute atomic E-state index is 6.01. The second-order valence-electron chi connectivity index (χ2n) is 4.72. The Bertz CT molecular complexity index is 362. The quantitative estimate of drug-likeness (QED) is 0.821. The molecule has 1 fully saturated rings. The summed E-state index contributed by atoms with van der Waals surface area (Å²) in [5, 5.41) is 0. The number of pyridine rings is 1. The smallest absolute Gasteiger partial charge is 0.151 e. The van der Waals surface area contributed by atoms with E-state index >= 15 is 0 Å². The van der Waals surface area contributed by atoms with Gasteiger partial charge in [0, 0.05) is 19.8 Å². The summed E-state index contributed by atoms with van der Waals surface area (Å²) in [6.07, 6.45) is 3.17. The Hall–Kier alpha value is -1.25. The van der Waals surface area contributed by atoms with Gasteiger partial charge < -0.3 is 10.6 Å². The van der Waals surface area contributed by atoms with Crippen LogP contribution in [0, 0.1) is 18.8 Å². The molecule has 2 rings (SSSR count). The maximum atomic E-state index is 6.01. The highest BCUT2D eigenvalue weighted by atomic mass is 15.2. The molecule has 1 aliphatic rings. The lowest BCUT2D eigenvalue weighted by Crippen LogP contribution is -2.23. The van der Waals surface area contributed by atoms with Crippen molar-refractivity contribution in [3.05, 3.63) is 17.8 Å². The predicted molar refractivity (Wildman–Crippen MR) is 63.9 cm³/mol. The second-order valence-corrected chi connectivity index (χ2v) is 4.72. The Labute approximate surface area is 91.3 Å². The van der Waals surface area contributed by atoms with E-state index in [2.05, 4.69) is 23.9 Å². The van der Waals surface area contributed by atoms with Crippen molar-refractivity contribution in [3.63, 3.8) is 0 Å². The zero-order valence-corrected chi connectivity index (χ0v) is 9.70. The monoisotopic (exact) mass is 205 g/mol. The summed E-state index contributed by atoms with van der Waals surface area (Å²) in [4.78, 5) is 6.52. The SMILES string of the molecule is Cc1ccnc(N(C)CC2CC2C)c1N. The minimum absolute atomic E-state index is 0.813. The van der Waals surface area contributed by atoms with E-state index in [4.69, 9.17) is 5.73 Å². The first kappa shape index (κ1) is 10.3. The summed E-state index contributed by atoms with van der Waals surface area (Å²) in [5.41, 5.74) is 7.93. The van der Waals surface area contributed by atoms with Gasteiger partial charge in [-0.15, -0.1) is 0 Å². The van der Waals surface area contributed by atoms with E-state index in [9.17, 15) is 0 Å². The molecule has 1 aromatic rings. The van der Waals surface area contributed by atoms with E-state index in [1.165, 1.54) is 6.42 Å². The highest BCUT2D eigenvalue weighted by Crippen LogP contribution is 2.39. The van der Waals surface area contributed by atoms with Crippen molar-refractivity contribution >= 4 is 11.5 Å². The zero-order chi connectivity index (χ0) is 11.0. The lowest BCUT2D eigenvalue weighted by Gasteiger charge is -2.20. The van der Waals surface area contributed by atoms with Crippen LogP contribution in [0.3, 0.4) is 0 Å². The molecule has 1 saturated carbocycles. The number of aromatic nitrogens is 1. The molecule has 0 amide bonds. The van der Waals surface area contributed by atoms with Gasteiger partial charge in [-0.2, -0.15) is 0 Å². The van der Waals surface area contributed by atoms with Crippen molar-refractivity contribution in [2.75, 3.05) is 24.2 Å². The summed E-state index contributed by atoms with van der Waals surface area (Å²) in [7, 11) is 2.07. The van der Waals surface area contributed by atoms with Gasteiger partial charge in [-0.05, 0) is 36.8 Å². The molecule has 3 heteroatoms. The molecule has 2 atom stereocenters. The predicted octanol–water partition coefficient (Wildman–Crippen LogP) is 2.06. The molecule has 0 spiro atoms. The van der Waals surface area contributed by atoms with Gasteiger partial charge in [-0.25, -0.2) is 4.98 Å². The lowest BCUT2D eigenvalue weighted by atomic mass is 10.2. The van der Waals surface area contributed by atoms with Crippen LogP contribution in [-0.2, 0) is 0 Å². The minimum atomic E-state index is 0.813. The van der Waals surface area contributed by atoms with Gasteiger partial charge in [0.2, 0.25) is 0 Å². The molecule has 1 heterocycles. The van der Waals surface area contributed by atoms with Gasteiger partial charge in [0.15, 0.2) is 5.82 Å². The van der Waals surface area contributed by atoms with Crippen LogP contribution in [0.2, 0.25) is 0 Å². The number of hydrogen-bond acceptors (Lipinski definition) is 3. The number of anilines is 2. The summed E-state index contributed by atoms with van der Waals surface area (Å²) in [6, 6.07) is 1.95. The number of aryl methyl sites for hydroxylation is 1. The molecule has 0 aromatic carbocycles. The third kappa shape index (κ3) is 2.06. The highest BCUT2D eigenvalue weighted by molar-refractivity contribution is 5.66. The molecule has 1 aromatic heterocycles. The van der Waals surface area contributed by atoms with Gasteiger partial charge >= 0.3 is 0 Å². The first-order valence-corrected chi connectivity index (χ1v) is 5.51. The Morgan fingerprint density at radius 1 is 1.60 bits per heavy atom. The van der Waals surface area contributed by atoms with Crippen LogP contribution in [0.25, 0.3) is 0 Å². The largest absolute Gasteiger partial charge is 0.396 e. The summed E-state index contributed by atoms with van der Waals surface area (Å²) in [5.74, 6) is 2.63. The van der Waals surface area contributed by atoms with Crippen molar-refractivity contribution in [3.8, 4) is 0 Å². The molecule has 2 N–H and O–H groups in total. The molecule has 15 heavy (non-hydrogen) atoms. The molecule has 0 aliphatic heterocycles. The Morgan fingerprint density at radius 3 is 2.87 bits per heavy atom. The Morgan fingerprint density at radius 2 is 2.27 bits per heavy atom. The molecule has 1 aliphatic carbocycles. The maximum Gasteiger partial charge on any atom is 0.151 e. The fraction of sp³-hybridized carbons (Fsp3) is 0.583. The van der Waals surface area contributed by atoms with Crippen molar-refractivity contribution in [1.82, 2.24) is 4.98 Å². The minimum Gasteiger partial charge on any atom is -0.396 e. The third-order valence-electron chi connectivity index (χ3n) is 3.33. The van der Waals surface area contributed by atoms with Crippen LogP contribution in [0.15, 0.2) is 12.3 Å². The third-order valence-corrected chi connectivity index (χ3v) is 3.33. The zero-order valence-electron chi connectivity index (χ0n) is 9.70. The average molecular weight is 205 g/mol. The van der Waals surface area contributed by atoms with Crippen molar-refractivity contribution in [1.29, 1.82) is 0 Å². The number of nitrogen functional groups attached to an aromatic ring is 1. The van der Waals surface area contributed by atoms with Crippen molar-refractivity contribution < 1.29 is 0 Å². The van der Waals surface area contributed by atoms with Crippen LogP contribution in [0.5, 0.6) is 0 Å². The highest BCUT2D eigenvalue weighted by Gasteiger charge is 2.33. The second kappa shape index (κ2) is 3.72. The molecule has 82 valence electrons. The Kier molecular flexibility index (Phi) is 2.55. The van der Waals surface area contributed by atoms with Crippen LogP contribution in [0.4, 0.5) is 11.5 Å². The number of rotatable bonds is 3. The summed E-state index contributed by atoms with van der Waals surface area (Å²) >= 11 is 0. The van der Waals surface area contributed by atoms with E-state index < -0.39 is 0 Å². The standard InChI is InChI=1S/C12H19N3/c1-8-4-5-14-12(11(8)13)15(3)7-10-6-9(10)2/h4-5,9-10H,6-7,13H2,1-3H3. The Balaban J connectivity index is 2.11. The molecular weight excluding hydrogens is 186 g/mol. The van der Waals surface area contributed by atoms with Gasteiger partial charge in [0.05, 0.1) is 5.69 Å². The normalized spacial score (nSPS) is 23.9. The first-order chi connectivity index (χ1) is 7.09. The number of nitrogens with zero attached hydrogens (tertiary/aromatic N) is 2. The van der Waals surface area contributed by atoms with E-state index in [1.807, 2.05) is 19.2 Å². The van der Waals surface area contributed by atoms with Crippen LogP contribution >= 0.6 is 0 Å². The van der Waals surface area contributed by atoms with Gasteiger partial charge in [0.25, 0.3) is 0 Å². The van der Waals surface area contributed by atoms with Crippen LogP contribution in [0.1, 0.15) is 18.9 Å². The molecular formula is C12H19N3. The first-order valence-electron chi connectivity index (χ1n) is 5.51. The van der Waals surface area contributed by atoms with Crippen LogP contribution in [-0.4, -0.2) is 18.6 Å². The van der Waals surface area contributed by atoms with E-state index in [-0.39, 0.29) is 0 Å². The van der Waals surface area contributed by atoms with E-state index in [0.717, 1.165) is 35.4 Å². The van der Waals surface area contributed by atoms with E-state index in [0.29, 0.717) is 0 Å².